The number of hydrogen-bond acceptors (Lipinski definition) is 4. The van der Waals surface area contributed by atoms with Crippen LogP contribution in [0.2, 0.25) is 0 Å². The number of hydrogen-bond donors (Lipinski definition) is 2. The molecule has 0 unspecified atom stereocenters. The number of imide groups is 1. The molecule has 0 aromatic carbocycles. The van der Waals surface area contributed by atoms with Gasteiger partial charge in [0, 0.05) is 6.42 Å². The van der Waals surface area contributed by atoms with Crippen LogP contribution < -0.4 is 10.7 Å². The number of carbonyl (C=O) groups excluding carboxylic acids is 3. The molecule has 0 aromatic rings. The predicted octanol–water partition coefficient (Wildman–Crippen LogP) is -0.588. The first kappa shape index (κ1) is 12.6. The SMILES string of the molecule is CC(C)CCC(=O)NN1C(=O)CNCC1=O. The van der Waals surface area contributed by atoms with E-state index in [-0.39, 0.29) is 19.0 Å². The Bertz CT molecular complexity index is 286. The molecule has 0 spiro atoms. The molecule has 1 saturated heterocycles. The maximum Gasteiger partial charge on any atom is 0.262 e. The molecule has 1 aliphatic rings. The smallest absolute Gasteiger partial charge is 0.262 e. The van der Waals surface area contributed by atoms with Crippen LogP contribution in [0.25, 0.3) is 0 Å². The number of nitrogens with one attached hydrogen (secondary N) is 2. The van der Waals surface area contributed by atoms with Crippen LogP contribution in [0.4, 0.5) is 0 Å². The van der Waals surface area contributed by atoms with Gasteiger partial charge in [0.05, 0.1) is 13.1 Å². The Hall–Kier alpha value is -1.43. The minimum Gasteiger partial charge on any atom is -0.300 e. The number of rotatable bonds is 4. The maximum atomic E-state index is 11.4. The predicted molar refractivity (Wildman–Crippen MR) is 56.9 cm³/mol. The highest BCUT2D eigenvalue weighted by Crippen LogP contribution is 2.03. The fraction of sp³-hybridized carbons (Fsp3) is 0.700. The monoisotopic (exact) mass is 227 g/mol. The molecule has 6 heteroatoms. The topological polar surface area (TPSA) is 78.5 Å². The Kier molecular flexibility index (Phi) is 4.42. The minimum atomic E-state index is -0.422. The van der Waals surface area contributed by atoms with Crippen molar-refractivity contribution >= 4 is 17.7 Å². The zero-order valence-electron chi connectivity index (χ0n) is 9.58. The summed E-state index contributed by atoms with van der Waals surface area (Å²) in [5, 5.41) is 3.45. The molecule has 1 fully saturated rings. The lowest BCUT2D eigenvalue weighted by Crippen LogP contribution is -2.59. The zero-order valence-corrected chi connectivity index (χ0v) is 9.58. The van der Waals surface area contributed by atoms with Gasteiger partial charge in [0.2, 0.25) is 5.91 Å². The molecule has 1 rings (SSSR count). The molecule has 0 aliphatic carbocycles. The van der Waals surface area contributed by atoms with Crippen LogP contribution in [0.5, 0.6) is 0 Å². The lowest BCUT2D eigenvalue weighted by Gasteiger charge is -2.25. The van der Waals surface area contributed by atoms with Crippen LogP contribution in [-0.4, -0.2) is 35.8 Å². The van der Waals surface area contributed by atoms with E-state index in [0.29, 0.717) is 12.3 Å². The first-order chi connectivity index (χ1) is 7.50. The molecule has 1 heterocycles. The van der Waals surface area contributed by atoms with Crippen molar-refractivity contribution in [2.24, 2.45) is 5.92 Å². The van der Waals surface area contributed by atoms with Gasteiger partial charge in [0.15, 0.2) is 0 Å². The highest BCUT2D eigenvalue weighted by atomic mass is 16.2. The first-order valence-electron chi connectivity index (χ1n) is 5.36. The van der Waals surface area contributed by atoms with Crippen molar-refractivity contribution in [3.8, 4) is 0 Å². The number of amides is 3. The van der Waals surface area contributed by atoms with Gasteiger partial charge >= 0.3 is 0 Å². The van der Waals surface area contributed by atoms with E-state index in [2.05, 4.69) is 10.7 Å². The second-order valence-corrected chi connectivity index (χ2v) is 4.19. The van der Waals surface area contributed by atoms with Crippen LogP contribution in [0, 0.1) is 5.92 Å². The number of hydrazine groups is 1. The summed E-state index contributed by atoms with van der Waals surface area (Å²) >= 11 is 0. The Morgan fingerprint density at radius 3 is 2.44 bits per heavy atom. The fourth-order valence-electron chi connectivity index (χ4n) is 1.30. The summed E-state index contributed by atoms with van der Waals surface area (Å²) in [7, 11) is 0. The van der Waals surface area contributed by atoms with Crippen LogP contribution in [0.3, 0.4) is 0 Å². The van der Waals surface area contributed by atoms with Gasteiger partial charge in [-0.05, 0) is 12.3 Å². The molecule has 6 nitrogen and oxygen atoms in total. The summed E-state index contributed by atoms with van der Waals surface area (Å²) in [6.07, 6.45) is 1.06. The van der Waals surface area contributed by atoms with Gasteiger partial charge in [-0.3, -0.25) is 25.1 Å². The van der Waals surface area contributed by atoms with E-state index in [1.165, 1.54) is 0 Å². The van der Waals surface area contributed by atoms with Crippen molar-refractivity contribution in [1.82, 2.24) is 15.8 Å². The number of nitrogens with zero attached hydrogens (tertiary/aromatic N) is 1. The molecule has 90 valence electrons. The normalized spacial score (nSPS) is 16.8. The lowest BCUT2D eigenvalue weighted by molar-refractivity contribution is -0.154. The molecule has 16 heavy (non-hydrogen) atoms. The van der Waals surface area contributed by atoms with Gasteiger partial charge in [-0.2, -0.15) is 5.01 Å². The summed E-state index contributed by atoms with van der Waals surface area (Å²) in [5.74, 6) is -0.722. The van der Waals surface area contributed by atoms with E-state index < -0.39 is 11.8 Å². The highest BCUT2D eigenvalue weighted by molar-refractivity contribution is 6.00. The summed E-state index contributed by atoms with van der Waals surface area (Å²) < 4.78 is 0. The van der Waals surface area contributed by atoms with E-state index in [0.717, 1.165) is 11.4 Å². The van der Waals surface area contributed by atoms with E-state index in [4.69, 9.17) is 0 Å². The Morgan fingerprint density at radius 1 is 1.38 bits per heavy atom. The number of piperazine rings is 1. The van der Waals surface area contributed by atoms with Crippen molar-refractivity contribution in [2.75, 3.05) is 13.1 Å². The second-order valence-electron chi connectivity index (χ2n) is 4.19. The third-order valence-corrected chi connectivity index (χ3v) is 2.24. The van der Waals surface area contributed by atoms with E-state index >= 15 is 0 Å². The fourth-order valence-corrected chi connectivity index (χ4v) is 1.30. The van der Waals surface area contributed by atoms with Crippen LogP contribution >= 0.6 is 0 Å². The summed E-state index contributed by atoms with van der Waals surface area (Å²) in [5.41, 5.74) is 2.33. The van der Waals surface area contributed by atoms with Gasteiger partial charge in [-0.1, -0.05) is 13.8 Å². The van der Waals surface area contributed by atoms with Gasteiger partial charge in [-0.15, -0.1) is 0 Å². The molecule has 0 radical (unpaired) electrons. The van der Waals surface area contributed by atoms with Crippen molar-refractivity contribution in [3.63, 3.8) is 0 Å². The Labute approximate surface area is 94.3 Å². The van der Waals surface area contributed by atoms with Crippen molar-refractivity contribution in [3.05, 3.63) is 0 Å². The van der Waals surface area contributed by atoms with Crippen LogP contribution in [-0.2, 0) is 14.4 Å². The summed E-state index contributed by atoms with van der Waals surface area (Å²) in [6.45, 7) is 4.18. The van der Waals surface area contributed by atoms with E-state index in [1.54, 1.807) is 0 Å². The zero-order chi connectivity index (χ0) is 12.1. The van der Waals surface area contributed by atoms with E-state index in [1.807, 2.05) is 13.8 Å². The second kappa shape index (κ2) is 5.60. The quantitative estimate of drug-likeness (QED) is 0.629. The maximum absolute atomic E-state index is 11.4. The molecule has 3 amide bonds. The molecule has 0 saturated carbocycles. The van der Waals surface area contributed by atoms with Gasteiger partial charge in [0.1, 0.15) is 0 Å². The van der Waals surface area contributed by atoms with Crippen molar-refractivity contribution < 1.29 is 14.4 Å². The average molecular weight is 227 g/mol. The molecule has 0 bridgehead atoms. The van der Waals surface area contributed by atoms with Crippen molar-refractivity contribution in [2.45, 2.75) is 26.7 Å². The largest absolute Gasteiger partial charge is 0.300 e. The molecule has 1 aliphatic heterocycles. The third kappa shape index (κ3) is 3.62. The van der Waals surface area contributed by atoms with Gasteiger partial charge in [0.25, 0.3) is 11.8 Å². The standard InChI is InChI=1S/C10H17N3O3/c1-7(2)3-4-8(14)12-13-9(15)5-11-6-10(13)16/h7,11H,3-6H2,1-2H3,(H,12,14). The van der Waals surface area contributed by atoms with E-state index in [9.17, 15) is 14.4 Å². The molecule has 0 aromatic heterocycles. The molecular weight excluding hydrogens is 210 g/mol. The number of carbonyl (C=O) groups is 3. The summed E-state index contributed by atoms with van der Waals surface area (Å²) in [6, 6.07) is 0. The molecule has 2 N–H and O–H groups in total. The lowest BCUT2D eigenvalue weighted by atomic mass is 10.1. The average Bonchev–Trinajstić information content (AvgIpc) is 2.21. The molecular formula is C10H17N3O3. The van der Waals surface area contributed by atoms with Crippen molar-refractivity contribution in [1.29, 1.82) is 0 Å². The third-order valence-electron chi connectivity index (χ3n) is 2.24. The minimum absolute atomic E-state index is 0.0796. The van der Waals surface area contributed by atoms with Crippen LogP contribution in [0.1, 0.15) is 26.7 Å². The first-order valence-corrected chi connectivity index (χ1v) is 5.36. The Balaban J connectivity index is 2.42. The van der Waals surface area contributed by atoms with Gasteiger partial charge in [-0.25, -0.2) is 0 Å². The Morgan fingerprint density at radius 2 is 1.94 bits per heavy atom. The molecule has 0 atom stereocenters. The van der Waals surface area contributed by atoms with Crippen LogP contribution in [0.15, 0.2) is 0 Å². The highest BCUT2D eigenvalue weighted by Gasteiger charge is 2.27. The van der Waals surface area contributed by atoms with Gasteiger partial charge < -0.3 is 0 Å². The summed E-state index contributed by atoms with van der Waals surface area (Å²) in [4.78, 5) is 34.0.